The Bertz CT molecular complexity index is 824. The van der Waals surface area contributed by atoms with Crippen LogP contribution in [-0.2, 0) is 19.3 Å². The van der Waals surface area contributed by atoms with Crippen LogP contribution in [0, 0.1) is 0 Å². The van der Waals surface area contributed by atoms with Crippen LogP contribution in [0.15, 0.2) is 28.7 Å². The van der Waals surface area contributed by atoms with Gasteiger partial charge >= 0.3 is 6.18 Å². The molecule has 0 radical (unpaired) electrons. The first-order valence-corrected chi connectivity index (χ1v) is 10.5. The maximum Gasteiger partial charge on any atom is 0.434 e. The summed E-state index contributed by atoms with van der Waals surface area (Å²) in [7, 11) is 0. The Morgan fingerprint density at radius 2 is 2.07 bits per heavy atom. The molecule has 2 aromatic heterocycles. The Hall–Kier alpha value is -1.63. The van der Waals surface area contributed by atoms with Crippen LogP contribution in [0.5, 0.6) is 5.88 Å². The van der Waals surface area contributed by atoms with Crippen LogP contribution in [0.3, 0.4) is 0 Å². The van der Waals surface area contributed by atoms with Gasteiger partial charge in [-0.25, -0.2) is 15.0 Å². The maximum absolute atomic E-state index is 12.7. The number of nitrogens with zero attached hydrogens (tertiary/aromatic N) is 3. The van der Waals surface area contributed by atoms with Crippen molar-refractivity contribution in [2.75, 3.05) is 6.54 Å². The first-order valence-electron chi connectivity index (χ1n) is 9.59. The predicted molar refractivity (Wildman–Crippen MR) is 121 cm³/mol. The fourth-order valence-electron chi connectivity index (χ4n) is 2.98. The highest BCUT2D eigenvalue weighted by Gasteiger charge is 2.33. The number of thiazole rings is 1. The zero-order valence-electron chi connectivity index (χ0n) is 16.5. The van der Waals surface area contributed by atoms with E-state index in [-0.39, 0.29) is 36.6 Å². The summed E-state index contributed by atoms with van der Waals surface area (Å²) in [5.74, 6) is 1.11. The standard InChI is InChI=1S/C19H24F3N5OS.HI/c1-2-23-18(26-11-17-27-15(12-29-17)19(20,21)22)25-10-13-7-8-24-16(9-13)28-14-5-3-4-6-14;/h7-9,12,14H,2-6,10-11H2,1H3,(H2,23,25,26);1H. The molecule has 2 aromatic rings. The van der Waals surface area contributed by atoms with Crippen LogP contribution < -0.4 is 15.4 Å². The van der Waals surface area contributed by atoms with Crippen LogP contribution in [0.4, 0.5) is 13.2 Å². The quantitative estimate of drug-likeness (QED) is 0.293. The topological polar surface area (TPSA) is 71.4 Å². The maximum atomic E-state index is 12.7. The van der Waals surface area contributed by atoms with Crippen molar-refractivity contribution in [2.45, 2.75) is 58.0 Å². The third kappa shape index (κ3) is 7.56. The number of alkyl halides is 3. The van der Waals surface area contributed by atoms with Crippen LogP contribution in [-0.4, -0.2) is 28.6 Å². The molecule has 0 saturated heterocycles. The summed E-state index contributed by atoms with van der Waals surface area (Å²) in [6.45, 7) is 3.11. The number of aromatic nitrogens is 2. The number of ether oxygens (including phenoxy) is 1. The monoisotopic (exact) mass is 555 g/mol. The summed E-state index contributed by atoms with van der Waals surface area (Å²) in [4.78, 5) is 12.4. The highest BCUT2D eigenvalue weighted by molar-refractivity contribution is 14.0. The van der Waals surface area contributed by atoms with Crippen molar-refractivity contribution in [3.63, 3.8) is 0 Å². The molecule has 6 nitrogen and oxygen atoms in total. The first-order chi connectivity index (χ1) is 13.9. The van der Waals surface area contributed by atoms with Gasteiger partial charge in [-0.15, -0.1) is 35.3 Å². The minimum Gasteiger partial charge on any atom is -0.474 e. The zero-order chi connectivity index (χ0) is 20.7. The summed E-state index contributed by atoms with van der Waals surface area (Å²) in [5.41, 5.74) is 0.0756. The van der Waals surface area contributed by atoms with E-state index >= 15 is 0 Å². The Kier molecular flexibility index (Phi) is 9.59. The van der Waals surface area contributed by atoms with Crippen molar-refractivity contribution in [1.29, 1.82) is 0 Å². The van der Waals surface area contributed by atoms with Gasteiger partial charge in [-0.1, -0.05) is 0 Å². The number of nitrogens with one attached hydrogen (secondary N) is 2. The molecule has 2 heterocycles. The second kappa shape index (κ2) is 11.7. The smallest absolute Gasteiger partial charge is 0.434 e. The third-order valence-electron chi connectivity index (χ3n) is 4.40. The van der Waals surface area contributed by atoms with Gasteiger partial charge in [-0.2, -0.15) is 13.2 Å². The Labute approximate surface area is 194 Å². The summed E-state index contributed by atoms with van der Waals surface area (Å²) >= 11 is 0.967. The minimum absolute atomic E-state index is 0. The van der Waals surface area contributed by atoms with E-state index in [1.54, 1.807) is 6.20 Å². The molecule has 0 amide bonds. The number of rotatable bonds is 7. The number of halogens is 4. The lowest BCUT2D eigenvalue weighted by atomic mass is 10.2. The molecule has 1 fully saturated rings. The van der Waals surface area contributed by atoms with Crippen LogP contribution >= 0.6 is 35.3 Å². The molecule has 0 spiro atoms. The Balaban J connectivity index is 0.00000320. The highest BCUT2D eigenvalue weighted by Crippen LogP contribution is 2.30. The molecule has 0 aliphatic heterocycles. The largest absolute Gasteiger partial charge is 0.474 e. The SMILES string of the molecule is CCNC(=NCc1ccnc(OC2CCCC2)c1)NCc1nc(C(F)(F)F)cs1.I. The van der Waals surface area contributed by atoms with Gasteiger partial charge in [0.05, 0.1) is 13.1 Å². The van der Waals surface area contributed by atoms with Crippen LogP contribution in [0.2, 0.25) is 0 Å². The van der Waals surface area contributed by atoms with Crippen molar-refractivity contribution in [3.8, 4) is 5.88 Å². The highest BCUT2D eigenvalue weighted by atomic mass is 127. The van der Waals surface area contributed by atoms with E-state index < -0.39 is 11.9 Å². The minimum atomic E-state index is -4.42. The number of pyridine rings is 1. The fraction of sp³-hybridized carbons (Fsp3) is 0.526. The molecule has 166 valence electrons. The van der Waals surface area contributed by atoms with Crippen LogP contribution in [0.25, 0.3) is 0 Å². The second-order valence-electron chi connectivity index (χ2n) is 6.70. The van der Waals surface area contributed by atoms with E-state index in [0.29, 0.717) is 29.9 Å². The van der Waals surface area contributed by atoms with Gasteiger partial charge < -0.3 is 15.4 Å². The molecule has 30 heavy (non-hydrogen) atoms. The summed E-state index contributed by atoms with van der Waals surface area (Å²) in [6.07, 6.45) is 2.01. The average molecular weight is 555 g/mol. The summed E-state index contributed by atoms with van der Waals surface area (Å²) in [5, 5.41) is 7.46. The molecule has 11 heteroatoms. The number of hydrogen-bond acceptors (Lipinski definition) is 5. The molecule has 0 unspecified atom stereocenters. The number of guanidine groups is 1. The fourth-order valence-corrected chi connectivity index (χ4v) is 3.72. The normalized spacial score (nSPS) is 15.0. The molecule has 1 aliphatic rings. The van der Waals surface area contributed by atoms with Crippen molar-refractivity contribution in [3.05, 3.63) is 40.0 Å². The lowest BCUT2D eigenvalue weighted by molar-refractivity contribution is -0.140. The van der Waals surface area contributed by atoms with Gasteiger partial charge in [0.2, 0.25) is 5.88 Å². The summed E-state index contributed by atoms with van der Waals surface area (Å²) < 4.78 is 43.9. The van der Waals surface area contributed by atoms with Gasteiger partial charge in [0.1, 0.15) is 11.1 Å². The third-order valence-corrected chi connectivity index (χ3v) is 5.25. The molecule has 2 N–H and O–H groups in total. The van der Waals surface area contributed by atoms with E-state index in [9.17, 15) is 13.2 Å². The van der Waals surface area contributed by atoms with E-state index in [1.165, 1.54) is 12.8 Å². The lowest BCUT2D eigenvalue weighted by Gasteiger charge is -2.13. The van der Waals surface area contributed by atoms with Gasteiger partial charge in [-0.3, -0.25) is 0 Å². The van der Waals surface area contributed by atoms with Crippen molar-refractivity contribution < 1.29 is 17.9 Å². The van der Waals surface area contributed by atoms with Gasteiger partial charge in [0.25, 0.3) is 0 Å². The Morgan fingerprint density at radius 3 is 2.73 bits per heavy atom. The first kappa shape index (κ1) is 24.6. The molecular formula is C19H25F3IN5OS. The number of hydrogen-bond donors (Lipinski definition) is 2. The molecule has 0 aromatic carbocycles. The van der Waals surface area contributed by atoms with Crippen LogP contribution in [0.1, 0.15) is 48.9 Å². The summed E-state index contributed by atoms with van der Waals surface area (Å²) in [6, 6.07) is 3.74. The van der Waals surface area contributed by atoms with E-state index in [1.807, 2.05) is 19.1 Å². The van der Waals surface area contributed by atoms with E-state index in [4.69, 9.17) is 4.74 Å². The zero-order valence-corrected chi connectivity index (χ0v) is 19.7. The lowest BCUT2D eigenvalue weighted by Crippen LogP contribution is -2.36. The van der Waals surface area contributed by atoms with Crippen molar-refractivity contribution in [1.82, 2.24) is 20.6 Å². The second-order valence-corrected chi connectivity index (χ2v) is 7.64. The molecule has 3 rings (SSSR count). The van der Waals surface area contributed by atoms with Crippen molar-refractivity contribution >= 4 is 41.3 Å². The average Bonchev–Trinajstić information content (AvgIpc) is 3.36. The molecule has 0 bridgehead atoms. The molecule has 1 saturated carbocycles. The van der Waals surface area contributed by atoms with Gasteiger partial charge in [-0.05, 0) is 44.2 Å². The molecule has 0 atom stereocenters. The molecule has 1 aliphatic carbocycles. The van der Waals surface area contributed by atoms with Crippen molar-refractivity contribution in [2.24, 2.45) is 4.99 Å². The number of aliphatic imine (C=N–C) groups is 1. The van der Waals surface area contributed by atoms with Gasteiger partial charge in [0.15, 0.2) is 11.7 Å². The van der Waals surface area contributed by atoms with E-state index in [0.717, 1.165) is 35.1 Å². The predicted octanol–water partition coefficient (Wildman–Crippen LogP) is 4.75. The Morgan fingerprint density at radius 1 is 1.30 bits per heavy atom. The van der Waals surface area contributed by atoms with Gasteiger partial charge in [0, 0.05) is 24.2 Å². The van der Waals surface area contributed by atoms with E-state index in [2.05, 4.69) is 25.6 Å². The molecular weight excluding hydrogens is 530 g/mol.